The molecule has 0 radical (unpaired) electrons. The zero-order valence-electron chi connectivity index (χ0n) is 11.3. The van der Waals surface area contributed by atoms with Crippen LogP contribution in [0.1, 0.15) is 38.3 Å². The van der Waals surface area contributed by atoms with Gasteiger partial charge in [-0.05, 0) is 38.1 Å². The Hall–Kier alpha value is -1.00. The van der Waals surface area contributed by atoms with E-state index < -0.39 is 11.6 Å². The molecule has 0 saturated carbocycles. The van der Waals surface area contributed by atoms with Crippen molar-refractivity contribution in [2.24, 2.45) is 5.73 Å². The summed E-state index contributed by atoms with van der Waals surface area (Å²) in [7, 11) is 1.95. The SMILES string of the molecule is CCCC(C)N(C)C(CN)c1cc(F)cc(F)c1. The second-order valence-electron chi connectivity index (χ2n) is 4.76. The molecule has 0 aliphatic heterocycles. The molecule has 0 aromatic heterocycles. The van der Waals surface area contributed by atoms with Gasteiger partial charge < -0.3 is 5.73 Å². The maximum Gasteiger partial charge on any atom is 0.126 e. The van der Waals surface area contributed by atoms with Gasteiger partial charge in [0.15, 0.2) is 0 Å². The van der Waals surface area contributed by atoms with Crippen LogP contribution >= 0.6 is 0 Å². The molecule has 2 unspecified atom stereocenters. The van der Waals surface area contributed by atoms with Gasteiger partial charge in [0, 0.05) is 24.7 Å². The van der Waals surface area contributed by atoms with Gasteiger partial charge in [0.25, 0.3) is 0 Å². The van der Waals surface area contributed by atoms with Crippen LogP contribution in [-0.4, -0.2) is 24.5 Å². The van der Waals surface area contributed by atoms with Crippen molar-refractivity contribution in [3.63, 3.8) is 0 Å². The molecule has 1 rings (SSSR count). The zero-order chi connectivity index (χ0) is 13.7. The Morgan fingerprint density at radius 3 is 2.22 bits per heavy atom. The van der Waals surface area contributed by atoms with E-state index in [1.54, 1.807) is 0 Å². The van der Waals surface area contributed by atoms with Gasteiger partial charge in [-0.1, -0.05) is 13.3 Å². The predicted octanol–water partition coefficient (Wildman–Crippen LogP) is 3.09. The van der Waals surface area contributed by atoms with E-state index in [9.17, 15) is 8.78 Å². The first-order valence-corrected chi connectivity index (χ1v) is 6.37. The topological polar surface area (TPSA) is 29.3 Å². The van der Waals surface area contributed by atoms with Gasteiger partial charge >= 0.3 is 0 Å². The van der Waals surface area contributed by atoms with Crippen LogP contribution in [0.3, 0.4) is 0 Å². The Balaban J connectivity index is 2.94. The average molecular weight is 256 g/mol. The smallest absolute Gasteiger partial charge is 0.126 e. The summed E-state index contributed by atoms with van der Waals surface area (Å²) in [6, 6.07) is 3.77. The number of nitrogens with two attached hydrogens (primary N) is 1. The van der Waals surface area contributed by atoms with Crippen molar-refractivity contribution in [3.05, 3.63) is 35.4 Å². The van der Waals surface area contributed by atoms with Gasteiger partial charge in [-0.15, -0.1) is 0 Å². The largest absolute Gasteiger partial charge is 0.329 e. The molecule has 1 aromatic carbocycles. The number of hydrogen-bond acceptors (Lipinski definition) is 2. The fourth-order valence-electron chi connectivity index (χ4n) is 2.23. The maximum atomic E-state index is 13.2. The van der Waals surface area contributed by atoms with Crippen LogP contribution in [0.5, 0.6) is 0 Å². The van der Waals surface area contributed by atoms with Crippen molar-refractivity contribution in [3.8, 4) is 0 Å². The molecule has 2 N–H and O–H groups in total. The lowest BCUT2D eigenvalue weighted by molar-refractivity contribution is 0.179. The minimum Gasteiger partial charge on any atom is -0.329 e. The average Bonchev–Trinajstić information content (AvgIpc) is 2.28. The van der Waals surface area contributed by atoms with Gasteiger partial charge in [-0.3, -0.25) is 4.90 Å². The molecular weight excluding hydrogens is 234 g/mol. The standard InChI is InChI=1S/C14H22F2N2/c1-4-5-10(2)18(3)14(9-17)11-6-12(15)8-13(16)7-11/h6-8,10,14H,4-5,9,17H2,1-3H3. The van der Waals surface area contributed by atoms with Crippen LogP contribution in [0.4, 0.5) is 8.78 Å². The number of likely N-dealkylation sites (N-methyl/N-ethyl adjacent to an activating group) is 1. The van der Waals surface area contributed by atoms with Crippen LogP contribution in [0.15, 0.2) is 18.2 Å². The van der Waals surface area contributed by atoms with Crippen molar-refractivity contribution in [2.45, 2.75) is 38.8 Å². The predicted molar refractivity (Wildman–Crippen MR) is 70.3 cm³/mol. The van der Waals surface area contributed by atoms with E-state index in [2.05, 4.69) is 18.7 Å². The van der Waals surface area contributed by atoms with Gasteiger partial charge in [0.05, 0.1) is 0 Å². The monoisotopic (exact) mass is 256 g/mol. The second-order valence-corrected chi connectivity index (χ2v) is 4.76. The number of nitrogens with zero attached hydrogens (tertiary/aromatic N) is 1. The molecule has 0 bridgehead atoms. The normalized spacial score (nSPS) is 14.8. The highest BCUT2D eigenvalue weighted by atomic mass is 19.1. The highest BCUT2D eigenvalue weighted by molar-refractivity contribution is 5.22. The first kappa shape index (κ1) is 15.1. The molecular formula is C14H22F2N2. The summed E-state index contributed by atoms with van der Waals surface area (Å²) in [6.45, 7) is 4.55. The van der Waals surface area contributed by atoms with Crippen LogP contribution in [0.2, 0.25) is 0 Å². The third-order valence-corrected chi connectivity index (χ3v) is 3.39. The Bertz CT molecular complexity index is 362. The van der Waals surface area contributed by atoms with Crippen molar-refractivity contribution < 1.29 is 8.78 Å². The third-order valence-electron chi connectivity index (χ3n) is 3.39. The van der Waals surface area contributed by atoms with E-state index in [-0.39, 0.29) is 6.04 Å². The number of benzene rings is 1. The molecule has 0 heterocycles. The van der Waals surface area contributed by atoms with Crippen LogP contribution in [0, 0.1) is 11.6 Å². The van der Waals surface area contributed by atoms with Crippen molar-refractivity contribution in [1.82, 2.24) is 4.90 Å². The third kappa shape index (κ3) is 3.75. The van der Waals surface area contributed by atoms with Crippen molar-refractivity contribution in [2.75, 3.05) is 13.6 Å². The minimum atomic E-state index is -0.556. The second kappa shape index (κ2) is 6.81. The molecule has 102 valence electrons. The summed E-state index contributed by atoms with van der Waals surface area (Å²) in [4.78, 5) is 2.08. The molecule has 18 heavy (non-hydrogen) atoms. The van der Waals surface area contributed by atoms with Crippen LogP contribution in [-0.2, 0) is 0 Å². The lowest BCUT2D eigenvalue weighted by atomic mass is 10.0. The summed E-state index contributed by atoms with van der Waals surface area (Å²) in [5, 5.41) is 0. The number of halogens is 2. The zero-order valence-corrected chi connectivity index (χ0v) is 11.3. The molecule has 0 fully saturated rings. The van der Waals surface area contributed by atoms with Gasteiger partial charge in [-0.25, -0.2) is 8.78 Å². The highest BCUT2D eigenvalue weighted by Crippen LogP contribution is 2.23. The fraction of sp³-hybridized carbons (Fsp3) is 0.571. The van der Waals surface area contributed by atoms with E-state index in [0.29, 0.717) is 18.2 Å². The Kier molecular flexibility index (Phi) is 5.69. The van der Waals surface area contributed by atoms with Gasteiger partial charge in [0.2, 0.25) is 0 Å². The van der Waals surface area contributed by atoms with Gasteiger partial charge in [-0.2, -0.15) is 0 Å². The van der Waals surface area contributed by atoms with E-state index in [0.717, 1.165) is 18.9 Å². The molecule has 2 atom stereocenters. The summed E-state index contributed by atoms with van der Waals surface area (Å²) < 4.78 is 26.5. The summed E-state index contributed by atoms with van der Waals surface area (Å²) >= 11 is 0. The lowest BCUT2D eigenvalue weighted by Gasteiger charge is -2.32. The minimum absolute atomic E-state index is 0.156. The van der Waals surface area contributed by atoms with E-state index >= 15 is 0 Å². The van der Waals surface area contributed by atoms with Crippen LogP contribution < -0.4 is 5.73 Å². The van der Waals surface area contributed by atoms with E-state index in [4.69, 9.17) is 5.73 Å². The Morgan fingerprint density at radius 1 is 1.22 bits per heavy atom. The quantitative estimate of drug-likeness (QED) is 0.847. The van der Waals surface area contributed by atoms with E-state index in [1.807, 2.05) is 7.05 Å². The Labute approximate surface area is 108 Å². The number of rotatable bonds is 6. The Morgan fingerprint density at radius 2 is 1.78 bits per heavy atom. The molecule has 4 heteroatoms. The van der Waals surface area contributed by atoms with Crippen LogP contribution in [0.25, 0.3) is 0 Å². The van der Waals surface area contributed by atoms with Gasteiger partial charge in [0.1, 0.15) is 11.6 Å². The van der Waals surface area contributed by atoms with Crippen molar-refractivity contribution in [1.29, 1.82) is 0 Å². The molecule has 1 aromatic rings. The highest BCUT2D eigenvalue weighted by Gasteiger charge is 2.20. The summed E-state index contributed by atoms with van der Waals surface area (Å²) in [6.07, 6.45) is 2.10. The molecule has 0 spiro atoms. The lowest BCUT2D eigenvalue weighted by Crippen LogP contribution is -2.37. The summed E-state index contributed by atoms with van der Waals surface area (Å²) in [5.74, 6) is -1.11. The first-order chi connectivity index (χ1) is 8.49. The molecule has 0 amide bonds. The molecule has 0 aliphatic rings. The van der Waals surface area contributed by atoms with Crippen molar-refractivity contribution >= 4 is 0 Å². The molecule has 2 nitrogen and oxygen atoms in total. The first-order valence-electron chi connectivity index (χ1n) is 6.37. The maximum absolute atomic E-state index is 13.2. The summed E-state index contributed by atoms with van der Waals surface area (Å²) in [5.41, 5.74) is 6.35. The fourth-order valence-corrected chi connectivity index (χ4v) is 2.23. The number of hydrogen-bond donors (Lipinski definition) is 1. The molecule has 0 aliphatic carbocycles. The molecule has 0 saturated heterocycles. The van der Waals surface area contributed by atoms with E-state index in [1.165, 1.54) is 12.1 Å².